The summed E-state index contributed by atoms with van der Waals surface area (Å²) in [5.41, 5.74) is 0. The molecular weight excluding hydrogens is 156 g/mol. The zero-order valence-electron chi connectivity index (χ0n) is 5.89. The lowest BCUT2D eigenvalue weighted by Gasteiger charge is -1.99. The molecular formula is C6H13ClOS. The van der Waals surface area contributed by atoms with E-state index in [9.17, 15) is 4.21 Å². The topological polar surface area (TPSA) is 17.1 Å². The Hall–Kier alpha value is 0.440. The average Bonchev–Trinajstić information content (AvgIpc) is 1.63. The minimum absolute atomic E-state index is 0.639. The van der Waals surface area contributed by atoms with Gasteiger partial charge in [0.2, 0.25) is 0 Å². The molecule has 0 bridgehead atoms. The third-order valence-corrected chi connectivity index (χ3v) is 2.16. The van der Waals surface area contributed by atoms with Crippen LogP contribution in [0.25, 0.3) is 0 Å². The van der Waals surface area contributed by atoms with Gasteiger partial charge in [0.15, 0.2) is 0 Å². The van der Waals surface area contributed by atoms with Crippen LogP contribution in [0.5, 0.6) is 0 Å². The van der Waals surface area contributed by atoms with Crippen LogP contribution in [0.4, 0.5) is 0 Å². The van der Waals surface area contributed by atoms with Crippen LogP contribution < -0.4 is 0 Å². The largest absolute Gasteiger partial charge is 0.243 e. The maximum Gasteiger partial charge on any atom is 0.114 e. The first-order chi connectivity index (χ1) is 4.13. The Morgan fingerprint density at radius 3 is 2.44 bits per heavy atom. The van der Waals surface area contributed by atoms with E-state index in [1.165, 1.54) is 0 Å². The van der Waals surface area contributed by atoms with Gasteiger partial charge in [0.05, 0.1) is 0 Å². The van der Waals surface area contributed by atoms with Crippen molar-refractivity contribution in [2.24, 2.45) is 5.92 Å². The fourth-order valence-corrected chi connectivity index (χ4v) is 1.33. The van der Waals surface area contributed by atoms with E-state index in [4.69, 9.17) is 10.7 Å². The standard InChI is InChI=1S/C6H13ClOS/c1-6(2)4-3-5-9(7)8/h6H,3-5H2,1-2H3. The maximum atomic E-state index is 10.3. The lowest BCUT2D eigenvalue weighted by molar-refractivity contribution is 0.576. The highest BCUT2D eigenvalue weighted by atomic mass is 35.7. The summed E-state index contributed by atoms with van der Waals surface area (Å²) in [6, 6.07) is 0. The predicted molar refractivity (Wildman–Crippen MR) is 42.9 cm³/mol. The first-order valence-electron chi connectivity index (χ1n) is 3.17. The van der Waals surface area contributed by atoms with Crippen LogP contribution in [-0.2, 0) is 10.0 Å². The van der Waals surface area contributed by atoms with Crippen molar-refractivity contribution in [3.63, 3.8) is 0 Å². The van der Waals surface area contributed by atoms with Gasteiger partial charge in [-0.05, 0) is 23.0 Å². The molecule has 0 aliphatic rings. The van der Waals surface area contributed by atoms with Crippen LogP contribution in [0.15, 0.2) is 0 Å². The molecule has 9 heavy (non-hydrogen) atoms. The third kappa shape index (κ3) is 8.44. The highest BCUT2D eigenvalue weighted by Crippen LogP contribution is 2.04. The molecule has 0 radical (unpaired) electrons. The summed E-state index contributed by atoms with van der Waals surface area (Å²) in [6.45, 7) is 4.30. The smallest absolute Gasteiger partial charge is 0.114 e. The van der Waals surface area contributed by atoms with Crippen LogP contribution >= 0.6 is 10.7 Å². The fourth-order valence-electron chi connectivity index (χ4n) is 0.605. The molecule has 56 valence electrons. The molecule has 1 nitrogen and oxygen atoms in total. The minimum atomic E-state index is -1.11. The van der Waals surface area contributed by atoms with Crippen molar-refractivity contribution >= 4 is 20.7 Å². The summed E-state index contributed by atoms with van der Waals surface area (Å²) in [5.74, 6) is 1.34. The lowest BCUT2D eigenvalue weighted by atomic mass is 10.1. The SMILES string of the molecule is CC(C)CCCS(=O)Cl. The molecule has 0 spiro atoms. The Balaban J connectivity index is 3.01. The molecule has 0 aliphatic carbocycles. The van der Waals surface area contributed by atoms with Gasteiger partial charge in [-0.2, -0.15) is 0 Å². The Morgan fingerprint density at radius 2 is 2.11 bits per heavy atom. The zero-order chi connectivity index (χ0) is 7.28. The van der Waals surface area contributed by atoms with Crippen molar-refractivity contribution in [1.29, 1.82) is 0 Å². The molecule has 0 heterocycles. The maximum absolute atomic E-state index is 10.3. The van der Waals surface area contributed by atoms with Gasteiger partial charge in [0, 0.05) is 5.75 Å². The summed E-state index contributed by atoms with van der Waals surface area (Å²) in [4.78, 5) is 0. The summed E-state index contributed by atoms with van der Waals surface area (Å²) in [7, 11) is 4.12. The van der Waals surface area contributed by atoms with Gasteiger partial charge in [-0.1, -0.05) is 20.3 Å². The van der Waals surface area contributed by atoms with Gasteiger partial charge in [-0.25, -0.2) is 4.21 Å². The van der Waals surface area contributed by atoms with Crippen molar-refractivity contribution in [3.05, 3.63) is 0 Å². The van der Waals surface area contributed by atoms with Crippen molar-refractivity contribution in [2.45, 2.75) is 26.7 Å². The van der Waals surface area contributed by atoms with Gasteiger partial charge in [-0.3, -0.25) is 0 Å². The summed E-state index contributed by atoms with van der Waals surface area (Å²) < 4.78 is 10.3. The van der Waals surface area contributed by atoms with Gasteiger partial charge in [0.1, 0.15) is 10.0 Å². The second-order valence-electron chi connectivity index (χ2n) is 2.53. The Kier molecular flexibility index (Phi) is 5.50. The van der Waals surface area contributed by atoms with Crippen LogP contribution in [0.2, 0.25) is 0 Å². The highest BCUT2D eigenvalue weighted by Gasteiger charge is 1.96. The van der Waals surface area contributed by atoms with E-state index >= 15 is 0 Å². The minimum Gasteiger partial charge on any atom is -0.243 e. The number of hydrogen-bond acceptors (Lipinski definition) is 1. The average molecular weight is 169 g/mol. The molecule has 0 amide bonds. The molecule has 0 saturated heterocycles. The van der Waals surface area contributed by atoms with E-state index in [1.54, 1.807) is 0 Å². The Morgan fingerprint density at radius 1 is 1.56 bits per heavy atom. The highest BCUT2D eigenvalue weighted by molar-refractivity contribution is 8.08. The van der Waals surface area contributed by atoms with E-state index in [0.29, 0.717) is 11.7 Å². The summed E-state index contributed by atoms with van der Waals surface area (Å²) in [6.07, 6.45) is 2.10. The molecule has 1 atom stereocenters. The molecule has 0 N–H and O–H groups in total. The first-order valence-corrected chi connectivity index (χ1v) is 5.32. The van der Waals surface area contributed by atoms with E-state index < -0.39 is 10.0 Å². The molecule has 0 rings (SSSR count). The second kappa shape index (κ2) is 5.24. The van der Waals surface area contributed by atoms with E-state index in [2.05, 4.69) is 13.8 Å². The van der Waals surface area contributed by atoms with E-state index in [-0.39, 0.29) is 0 Å². The summed E-state index contributed by atoms with van der Waals surface area (Å²) in [5, 5.41) is 0. The molecule has 3 heteroatoms. The number of hydrogen-bond donors (Lipinski definition) is 0. The van der Waals surface area contributed by atoms with Crippen LogP contribution in [-0.4, -0.2) is 9.96 Å². The molecule has 0 aromatic carbocycles. The van der Waals surface area contributed by atoms with Crippen molar-refractivity contribution in [3.8, 4) is 0 Å². The molecule has 0 aliphatic heterocycles. The van der Waals surface area contributed by atoms with Gasteiger partial charge in [-0.15, -0.1) is 0 Å². The molecule has 0 aromatic heterocycles. The van der Waals surface area contributed by atoms with E-state index in [0.717, 1.165) is 12.8 Å². The van der Waals surface area contributed by atoms with E-state index in [1.807, 2.05) is 0 Å². The van der Waals surface area contributed by atoms with Crippen molar-refractivity contribution < 1.29 is 4.21 Å². The lowest BCUT2D eigenvalue weighted by Crippen LogP contribution is -1.93. The predicted octanol–water partition coefficient (Wildman–Crippen LogP) is 2.33. The molecule has 0 saturated carbocycles. The Bertz CT molecular complexity index is 93.1. The van der Waals surface area contributed by atoms with Crippen LogP contribution in [0.1, 0.15) is 26.7 Å². The monoisotopic (exact) mass is 168 g/mol. The van der Waals surface area contributed by atoms with Crippen LogP contribution in [0, 0.1) is 5.92 Å². The van der Waals surface area contributed by atoms with Crippen LogP contribution in [0.3, 0.4) is 0 Å². The Labute approximate surface area is 63.7 Å². The normalized spacial score (nSPS) is 14.2. The molecule has 1 unspecified atom stereocenters. The fraction of sp³-hybridized carbons (Fsp3) is 1.00. The third-order valence-electron chi connectivity index (χ3n) is 1.09. The second-order valence-corrected chi connectivity index (χ2v) is 4.55. The quantitative estimate of drug-likeness (QED) is 0.589. The molecule has 0 aromatic rings. The van der Waals surface area contributed by atoms with Crippen molar-refractivity contribution in [1.82, 2.24) is 0 Å². The summed E-state index contributed by atoms with van der Waals surface area (Å²) >= 11 is 0. The van der Waals surface area contributed by atoms with Gasteiger partial charge >= 0.3 is 0 Å². The first kappa shape index (κ1) is 9.44. The van der Waals surface area contributed by atoms with Gasteiger partial charge in [0.25, 0.3) is 0 Å². The van der Waals surface area contributed by atoms with Crippen molar-refractivity contribution in [2.75, 3.05) is 5.75 Å². The number of rotatable bonds is 4. The zero-order valence-corrected chi connectivity index (χ0v) is 7.47. The number of halogens is 1. The van der Waals surface area contributed by atoms with Gasteiger partial charge < -0.3 is 0 Å². The molecule has 0 fully saturated rings.